The number of nitrogens with two attached hydrogens (primary N) is 1. The van der Waals surface area contributed by atoms with Gasteiger partial charge in [0, 0.05) is 15.6 Å². The molecule has 5 N–H and O–H groups in total. The molecular formula is C28H30BrN3O5. The predicted molar refractivity (Wildman–Crippen MR) is 148 cm³/mol. The Labute approximate surface area is 224 Å². The third-order valence-electron chi connectivity index (χ3n) is 5.42. The van der Waals surface area contributed by atoms with Crippen molar-refractivity contribution in [1.29, 1.82) is 0 Å². The zero-order chi connectivity index (χ0) is 26.8. The van der Waals surface area contributed by atoms with E-state index >= 15 is 0 Å². The number of aliphatic hydroxyl groups excluding tert-OH is 1. The molecule has 3 aromatic rings. The molecule has 0 aromatic heterocycles. The molecule has 1 atom stereocenters. The largest absolute Gasteiger partial charge is 0.491 e. The molecule has 3 rings (SSSR count). The van der Waals surface area contributed by atoms with E-state index in [1.807, 2.05) is 26.0 Å². The van der Waals surface area contributed by atoms with Crippen LogP contribution in [0.2, 0.25) is 0 Å². The van der Waals surface area contributed by atoms with Crippen LogP contribution in [-0.2, 0) is 9.53 Å². The number of carbonyl (C=O) groups excluding carboxylic acids is 2. The minimum absolute atomic E-state index is 0.0990. The van der Waals surface area contributed by atoms with E-state index in [4.69, 9.17) is 20.3 Å². The van der Waals surface area contributed by atoms with Gasteiger partial charge in [0.2, 0.25) is 5.91 Å². The molecule has 0 aliphatic rings. The fourth-order valence-electron chi connectivity index (χ4n) is 3.50. The molecule has 37 heavy (non-hydrogen) atoms. The highest BCUT2D eigenvalue weighted by atomic mass is 79.9. The molecule has 0 radical (unpaired) electrons. The fraction of sp³-hybridized carbons (Fsp3) is 0.214. The molecule has 0 saturated heterocycles. The van der Waals surface area contributed by atoms with Gasteiger partial charge in [0.15, 0.2) is 0 Å². The van der Waals surface area contributed by atoms with E-state index in [9.17, 15) is 9.59 Å². The Morgan fingerprint density at radius 1 is 1.03 bits per heavy atom. The van der Waals surface area contributed by atoms with Crippen LogP contribution in [0.1, 0.15) is 25.5 Å². The number of nitrogen functional groups attached to an aromatic ring is 1. The van der Waals surface area contributed by atoms with Gasteiger partial charge in [-0.05, 0) is 60.2 Å². The lowest BCUT2D eigenvalue weighted by Gasteiger charge is -2.31. The zero-order valence-corrected chi connectivity index (χ0v) is 22.2. The maximum absolute atomic E-state index is 12.8. The van der Waals surface area contributed by atoms with Crippen LogP contribution in [0, 0.1) is 5.41 Å². The minimum Gasteiger partial charge on any atom is -0.491 e. The molecule has 0 bridgehead atoms. The lowest BCUT2D eigenvalue weighted by Crippen LogP contribution is -2.28. The van der Waals surface area contributed by atoms with Crippen molar-refractivity contribution in [1.82, 2.24) is 0 Å². The lowest BCUT2D eigenvalue weighted by atomic mass is 9.82. The van der Waals surface area contributed by atoms with E-state index in [1.54, 1.807) is 66.7 Å². The number of halogens is 1. The molecule has 0 aliphatic carbocycles. The summed E-state index contributed by atoms with van der Waals surface area (Å²) in [7, 11) is 0. The molecule has 3 aromatic carbocycles. The smallest absolute Gasteiger partial charge is 0.412 e. The summed E-state index contributed by atoms with van der Waals surface area (Å²) in [6, 6.07) is 21.1. The average molecular weight is 568 g/mol. The number of carbonyl (C=O) groups is 2. The van der Waals surface area contributed by atoms with Crippen LogP contribution in [-0.4, -0.2) is 30.3 Å². The van der Waals surface area contributed by atoms with Crippen molar-refractivity contribution in [2.24, 2.45) is 5.41 Å². The van der Waals surface area contributed by atoms with E-state index < -0.39 is 17.6 Å². The molecule has 0 fully saturated rings. The highest BCUT2D eigenvalue weighted by Gasteiger charge is 2.32. The molecule has 9 heteroatoms. The maximum atomic E-state index is 12.8. The average Bonchev–Trinajstić information content (AvgIpc) is 2.88. The highest BCUT2D eigenvalue weighted by Crippen LogP contribution is 2.39. The number of benzene rings is 3. The van der Waals surface area contributed by atoms with Crippen molar-refractivity contribution in [3.63, 3.8) is 0 Å². The topological polar surface area (TPSA) is 123 Å². The highest BCUT2D eigenvalue weighted by molar-refractivity contribution is 9.10. The first-order chi connectivity index (χ1) is 17.7. The van der Waals surface area contributed by atoms with Gasteiger partial charge >= 0.3 is 6.09 Å². The van der Waals surface area contributed by atoms with Crippen molar-refractivity contribution < 1.29 is 24.2 Å². The Hall–Kier alpha value is -3.82. The van der Waals surface area contributed by atoms with Crippen molar-refractivity contribution in [2.75, 3.05) is 29.6 Å². The summed E-state index contributed by atoms with van der Waals surface area (Å²) in [5.74, 6) is 0.209. The number of amides is 2. The number of nitrogens with one attached hydrogen (secondary N) is 2. The number of rotatable bonds is 10. The number of hydrogen-bond donors (Lipinski definition) is 4. The van der Waals surface area contributed by atoms with Crippen molar-refractivity contribution in [3.05, 3.63) is 95.0 Å². The first-order valence-corrected chi connectivity index (χ1v) is 12.4. The third-order valence-corrected chi connectivity index (χ3v) is 5.95. The van der Waals surface area contributed by atoms with Crippen LogP contribution in [0.15, 0.2) is 89.4 Å². The van der Waals surface area contributed by atoms with Crippen LogP contribution < -0.4 is 21.1 Å². The molecule has 8 nitrogen and oxygen atoms in total. The predicted octanol–water partition coefficient (Wildman–Crippen LogP) is 5.91. The second-order valence-corrected chi connectivity index (χ2v) is 9.71. The van der Waals surface area contributed by atoms with E-state index in [2.05, 4.69) is 26.6 Å². The van der Waals surface area contributed by atoms with Gasteiger partial charge in [0.25, 0.3) is 0 Å². The van der Waals surface area contributed by atoms with Gasteiger partial charge in [-0.1, -0.05) is 60.1 Å². The van der Waals surface area contributed by atoms with Gasteiger partial charge in [-0.15, -0.1) is 0 Å². The van der Waals surface area contributed by atoms with Crippen molar-refractivity contribution >= 4 is 45.0 Å². The Bertz CT molecular complexity index is 1230. The summed E-state index contributed by atoms with van der Waals surface area (Å²) >= 11 is 3.37. The molecule has 0 aliphatic heterocycles. The second kappa shape index (κ2) is 12.9. The normalized spacial score (nSPS) is 12.1. The summed E-state index contributed by atoms with van der Waals surface area (Å²) < 4.78 is 12.2. The van der Waals surface area contributed by atoms with Gasteiger partial charge < -0.3 is 25.6 Å². The third kappa shape index (κ3) is 8.37. The van der Waals surface area contributed by atoms with Crippen LogP contribution in [0.25, 0.3) is 0 Å². The molecule has 2 amide bonds. The van der Waals surface area contributed by atoms with E-state index in [-0.39, 0.29) is 19.1 Å². The van der Waals surface area contributed by atoms with Crippen LogP contribution in [0.4, 0.5) is 21.9 Å². The summed E-state index contributed by atoms with van der Waals surface area (Å²) in [5, 5.41) is 14.5. The van der Waals surface area contributed by atoms with E-state index in [0.717, 1.165) is 4.47 Å². The Morgan fingerprint density at radius 3 is 2.35 bits per heavy atom. The maximum Gasteiger partial charge on any atom is 0.412 e. The second-order valence-electron chi connectivity index (χ2n) is 8.79. The summed E-state index contributed by atoms with van der Waals surface area (Å²) in [4.78, 5) is 25.4. The van der Waals surface area contributed by atoms with Crippen molar-refractivity contribution in [2.45, 2.75) is 20.0 Å². The molecule has 0 saturated carbocycles. The number of hydrogen-bond acceptors (Lipinski definition) is 6. The van der Waals surface area contributed by atoms with E-state index in [0.29, 0.717) is 28.4 Å². The molecule has 0 unspecified atom stereocenters. The minimum atomic E-state index is -0.788. The van der Waals surface area contributed by atoms with Crippen LogP contribution >= 0.6 is 15.9 Å². The number of ether oxygens (including phenoxy) is 2. The fourth-order valence-corrected chi connectivity index (χ4v) is 3.77. The first-order valence-electron chi connectivity index (χ1n) is 11.6. The SMILES string of the molecule is CC(C)(/C=C/C(=O)Nc1ccccc1N)[C@H](OC(=O)Nc1ccc(Br)cc1)c1ccc(OCCO)cc1. The molecular weight excluding hydrogens is 538 g/mol. The van der Waals surface area contributed by atoms with Gasteiger partial charge in [0.1, 0.15) is 18.5 Å². The van der Waals surface area contributed by atoms with Gasteiger partial charge in [-0.2, -0.15) is 0 Å². The summed E-state index contributed by atoms with van der Waals surface area (Å²) in [6.45, 7) is 3.80. The Morgan fingerprint density at radius 2 is 1.70 bits per heavy atom. The van der Waals surface area contributed by atoms with Gasteiger partial charge in [-0.3, -0.25) is 10.1 Å². The van der Waals surface area contributed by atoms with Crippen LogP contribution in [0.5, 0.6) is 5.75 Å². The Balaban J connectivity index is 1.81. The summed E-state index contributed by atoms with van der Waals surface area (Å²) in [5.41, 5.74) is 7.37. The molecule has 0 spiro atoms. The molecule has 194 valence electrons. The monoisotopic (exact) mass is 567 g/mol. The summed E-state index contributed by atoms with van der Waals surface area (Å²) in [6.07, 6.45) is 1.69. The number of aliphatic hydroxyl groups is 1. The standard InChI is InChI=1S/C28H30BrN3O5/c1-28(2,16-15-25(34)32-24-6-4-3-5-23(24)30)26(19-7-13-22(14-8-19)36-18-17-33)37-27(35)31-21-11-9-20(29)10-12-21/h3-16,26,33H,17-18,30H2,1-2H3,(H,31,35)(H,32,34)/b16-15+/t26-/m1/s1. The lowest BCUT2D eigenvalue weighted by molar-refractivity contribution is -0.112. The van der Waals surface area contributed by atoms with Crippen LogP contribution in [0.3, 0.4) is 0 Å². The van der Waals surface area contributed by atoms with Gasteiger partial charge in [0.05, 0.1) is 18.0 Å². The quantitative estimate of drug-likeness (QED) is 0.178. The van der Waals surface area contributed by atoms with Gasteiger partial charge in [-0.25, -0.2) is 4.79 Å². The first kappa shape index (κ1) is 27.8. The Kier molecular flexibility index (Phi) is 9.71. The number of para-hydroxylation sites is 2. The van der Waals surface area contributed by atoms with E-state index in [1.165, 1.54) is 6.08 Å². The molecule has 0 heterocycles. The van der Waals surface area contributed by atoms with Crippen molar-refractivity contribution in [3.8, 4) is 5.75 Å². The number of anilines is 3. The zero-order valence-electron chi connectivity index (χ0n) is 20.6.